The zero-order valence-corrected chi connectivity index (χ0v) is 9.98. The molecule has 5 heteroatoms. The number of carbonyl (C=O) groups is 1. The van der Waals surface area contributed by atoms with Crippen LogP contribution in [0.25, 0.3) is 0 Å². The number of carbonyl (C=O) groups excluding carboxylic acids is 1. The first-order chi connectivity index (χ1) is 7.91. The number of phenolic OH excluding ortho intramolecular Hbond substituents is 1. The quantitative estimate of drug-likeness (QED) is 0.813. The molecule has 4 nitrogen and oxygen atoms in total. The van der Waals surface area contributed by atoms with Crippen molar-refractivity contribution >= 4 is 5.91 Å². The molecule has 0 aliphatic rings. The second kappa shape index (κ2) is 5.63. The van der Waals surface area contributed by atoms with E-state index in [0.29, 0.717) is 5.56 Å². The highest BCUT2D eigenvalue weighted by Gasteiger charge is 2.15. The van der Waals surface area contributed by atoms with Crippen molar-refractivity contribution in [3.8, 4) is 5.75 Å². The molecule has 1 amide bonds. The number of para-hydroxylation sites is 1. The van der Waals surface area contributed by atoms with Gasteiger partial charge >= 0.3 is 0 Å². The minimum atomic E-state index is -0.662. The van der Waals surface area contributed by atoms with Gasteiger partial charge in [0.25, 0.3) is 0 Å². The van der Waals surface area contributed by atoms with E-state index < -0.39 is 11.7 Å². The van der Waals surface area contributed by atoms with Crippen molar-refractivity contribution in [2.24, 2.45) is 5.73 Å². The molecular weight excluding hydrogens is 223 g/mol. The van der Waals surface area contributed by atoms with Crippen LogP contribution in [0, 0.1) is 5.82 Å². The van der Waals surface area contributed by atoms with Crippen molar-refractivity contribution < 1.29 is 14.3 Å². The second-order valence-electron chi connectivity index (χ2n) is 4.21. The van der Waals surface area contributed by atoms with Crippen molar-refractivity contribution in [1.82, 2.24) is 4.90 Å². The summed E-state index contributed by atoms with van der Waals surface area (Å²) in [5.74, 6) is -1.48. The maximum absolute atomic E-state index is 13.1. The maximum Gasteiger partial charge on any atom is 0.231 e. The van der Waals surface area contributed by atoms with Crippen molar-refractivity contribution in [3.05, 3.63) is 29.6 Å². The number of primary amides is 1. The van der Waals surface area contributed by atoms with Crippen molar-refractivity contribution in [1.29, 1.82) is 0 Å². The predicted octanol–water partition coefficient (Wildman–Crippen LogP) is 1.23. The highest BCUT2D eigenvalue weighted by atomic mass is 19.1. The fourth-order valence-corrected chi connectivity index (χ4v) is 1.53. The first-order valence-electron chi connectivity index (χ1n) is 5.40. The number of benzene rings is 1. The van der Waals surface area contributed by atoms with Crippen LogP contribution in [0.1, 0.15) is 19.4 Å². The minimum absolute atomic E-state index is 0.0742. The maximum atomic E-state index is 13.1. The molecule has 0 aliphatic heterocycles. The second-order valence-corrected chi connectivity index (χ2v) is 4.21. The summed E-state index contributed by atoms with van der Waals surface area (Å²) in [6, 6.07) is 4.40. The van der Waals surface area contributed by atoms with Gasteiger partial charge in [-0.3, -0.25) is 9.69 Å². The van der Waals surface area contributed by atoms with E-state index in [1.165, 1.54) is 12.1 Å². The molecule has 0 aliphatic carbocycles. The predicted molar refractivity (Wildman–Crippen MR) is 62.8 cm³/mol. The van der Waals surface area contributed by atoms with Crippen LogP contribution in [-0.2, 0) is 11.3 Å². The molecule has 94 valence electrons. The third kappa shape index (κ3) is 3.71. The van der Waals surface area contributed by atoms with E-state index in [1.54, 1.807) is 11.0 Å². The van der Waals surface area contributed by atoms with Gasteiger partial charge in [-0.2, -0.15) is 0 Å². The molecule has 0 saturated carbocycles. The monoisotopic (exact) mass is 240 g/mol. The Morgan fingerprint density at radius 3 is 2.71 bits per heavy atom. The lowest BCUT2D eigenvalue weighted by Gasteiger charge is -2.25. The van der Waals surface area contributed by atoms with Gasteiger partial charge in [0, 0.05) is 18.2 Å². The standard InChI is InChI=1S/C12H17FN2O2/c1-8(2)15(7-11(14)16)6-9-4-3-5-10(13)12(9)17/h3-5,8,17H,6-7H2,1-2H3,(H2,14,16). The molecule has 0 atom stereocenters. The summed E-state index contributed by atoms with van der Waals surface area (Å²) in [5.41, 5.74) is 5.58. The summed E-state index contributed by atoms with van der Waals surface area (Å²) < 4.78 is 13.1. The molecular formula is C12H17FN2O2. The molecule has 0 unspecified atom stereocenters. The summed E-state index contributed by atoms with van der Waals surface area (Å²) in [6.45, 7) is 4.16. The Hall–Kier alpha value is -1.62. The molecule has 0 saturated heterocycles. The van der Waals surface area contributed by atoms with Crippen molar-refractivity contribution in [2.75, 3.05) is 6.54 Å². The van der Waals surface area contributed by atoms with Gasteiger partial charge in [0.05, 0.1) is 6.54 Å². The first-order valence-corrected chi connectivity index (χ1v) is 5.40. The van der Waals surface area contributed by atoms with Gasteiger partial charge in [-0.05, 0) is 19.9 Å². The molecule has 0 spiro atoms. The number of phenols is 1. The van der Waals surface area contributed by atoms with E-state index in [2.05, 4.69) is 0 Å². The van der Waals surface area contributed by atoms with Gasteiger partial charge in [0.2, 0.25) is 5.91 Å². The summed E-state index contributed by atoms with van der Waals surface area (Å²) in [6.07, 6.45) is 0. The number of hydrogen-bond donors (Lipinski definition) is 2. The molecule has 0 radical (unpaired) electrons. The number of rotatable bonds is 5. The van der Waals surface area contributed by atoms with Crippen LogP contribution < -0.4 is 5.73 Å². The highest BCUT2D eigenvalue weighted by molar-refractivity contribution is 5.75. The molecule has 0 heterocycles. The number of nitrogens with zero attached hydrogens (tertiary/aromatic N) is 1. The molecule has 17 heavy (non-hydrogen) atoms. The molecule has 3 N–H and O–H groups in total. The normalized spacial score (nSPS) is 11.1. The van der Waals surface area contributed by atoms with E-state index in [9.17, 15) is 14.3 Å². The Morgan fingerprint density at radius 2 is 2.18 bits per heavy atom. The van der Waals surface area contributed by atoms with Crippen LogP contribution in [0.3, 0.4) is 0 Å². The number of nitrogens with two attached hydrogens (primary N) is 1. The van der Waals surface area contributed by atoms with Gasteiger partial charge in [-0.15, -0.1) is 0 Å². The summed E-state index contributed by atoms with van der Waals surface area (Å²) >= 11 is 0. The lowest BCUT2D eigenvalue weighted by Crippen LogP contribution is -2.38. The average molecular weight is 240 g/mol. The summed E-state index contributed by atoms with van der Waals surface area (Å²) in [7, 11) is 0. The molecule has 1 aromatic rings. The highest BCUT2D eigenvalue weighted by Crippen LogP contribution is 2.22. The van der Waals surface area contributed by atoms with E-state index in [1.807, 2.05) is 13.8 Å². The zero-order chi connectivity index (χ0) is 13.0. The number of amides is 1. The SMILES string of the molecule is CC(C)N(CC(N)=O)Cc1cccc(F)c1O. The Balaban J connectivity index is 2.86. The number of halogens is 1. The lowest BCUT2D eigenvalue weighted by molar-refractivity contribution is -0.119. The Morgan fingerprint density at radius 1 is 1.53 bits per heavy atom. The average Bonchev–Trinajstić information content (AvgIpc) is 2.22. The van der Waals surface area contributed by atoms with Gasteiger partial charge < -0.3 is 10.8 Å². The zero-order valence-electron chi connectivity index (χ0n) is 9.98. The third-order valence-corrected chi connectivity index (χ3v) is 2.53. The van der Waals surface area contributed by atoms with E-state index >= 15 is 0 Å². The van der Waals surface area contributed by atoms with Crippen LogP contribution in [0.5, 0.6) is 5.75 Å². The van der Waals surface area contributed by atoms with Gasteiger partial charge in [-0.25, -0.2) is 4.39 Å². The van der Waals surface area contributed by atoms with E-state index in [0.717, 1.165) is 0 Å². The Kier molecular flexibility index (Phi) is 4.45. The minimum Gasteiger partial charge on any atom is -0.505 e. The van der Waals surface area contributed by atoms with Gasteiger partial charge in [0.1, 0.15) is 0 Å². The molecule has 0 bridgehead atoms. The topological polar surface area (TPSA) is 66.6 Å². The smallest absolute Gasteiger partial charge is 0.231 e. The largest absolute Gasteiger partial charge is 0.505 e. The van der Waals surface area contributed by atoms with Crippen LogP contribution in [-0.4, -0.2) is 28.5 Å². The van der Waals surface area contributed by atoms with Crippen molar-refractivity contribution in [3.63, 3.8) is 0 Å². The molecule has 1 aromatic carbocycles. The fraction of sp³-hybridized carbons (Fsp3) is 0.417. The van der Waals surface area contributed by atoms with Crippen LogP contribution in [0.4, 0.5) is 4.39 Å². The number of hydrogen-bond acceptors (Lipinski definition) is 3. The molecule has 0 aromatic heterocycles. The van der Waals surface area contributed by atoms with Crippen molar-refractivity contribution in [2.45, 2.75) is 26.4 Å². The summed E-state index contributed by atoms with van der Waals surface area (Å²) in [4.78, 5) is 12.7. The third-order valence-electron chi connectivity index (χ3n) is 2.53. The van der Waals surface area contributed by atoms with Crippen LogP contribution in [0.15, 0.2) is 18.2 Å². The summed E-state index contributed by atoms with van der Waals surface area (Å²) in [5, 5.41) is 9.54. The Bertz CT molecular complexity index is 407. The van der Waals surface area contributed by atoms with E-state index in [-0.39, 0.29) is 24.9 Å². The molecule has 0 fully saturated rings. The van der Waals surface area contributed by atoms with Gasteiger partial charge in [-0.1, -0.05) is 12.1 Å². The van der Waals surface area contributed by atoms with Crippen LogP contribution in [0.2, 0.25) is 0 Å². The first kappa shape index (κ1) is 13.4. The Labute approximate surface area is 99.8 Å². The van der Waals surface area contributed by atoms with Gasteiger partial charge in [0.15, 0.2) is 11.6 Å². The number of aromatic hydroxyl groups is 1. The lowest BCUT2D eigenvalue weighted by atomic mass is 10.1. The fourth-order valence-electron chi connectivity index (χ4n) is 1.53. The van der Waals surface area contributed by atoms with E-state index in [4.69, 9.17) is 5.73 Å². The molecule has 1 rings (SSSR count). The van der Waals surface area contributed by atoms with Crippen LogP contribution >= 0.6 is 0 Å².